The van der Waals surface area contributed by atoms with Gasteiger partial charge in [0.25, 0.3) is 11.7 Å². The summed E-state index contributed by atoms with van der Waals surface area (Å²) in [7, 11) is 0. The van der Waals surface area contributed by atoms with Crippen LogP contribution in [0.3, 0.4) is 0 Å². The number of carbonyl (C=O) groups excluding carboxylic acids is 2. The van der Waals surface area contributed by atoms with E-state index in [0.717, 1.165) is 11.1 Å². The van der Waals surface area contributed by atoms with Gasteiger partial charge in [-0.15, -0.1) is 0 Å². The fraction of sp³-hybridized carbons (Fsp3) is 0.192. The van der Waals surface area contributed by atoms with E-state index in [1.165, 1.54) is 4.90 Å². The number of likely N-dealkylation sites (tertiary alicyclic amines) is 1. The largest absolute Gasteiger partial charge is 0.507 e. The number of amides is 1. The first-order chi connectivity index (χ1) is 15.5. The third kappa shape index (κ3) is 4.25. The third-order valence-corrected chi connectivity index (χ3v) is 5.24. The number of aliphatic hydroxyl groups is 1. The van der Waals surface area contributed by atoms with Gasteiger partial charge in [-0.1, -0.05) is 42.5 Å². The lowest BCUT2D eigenvalue weighted by Crippen LogP contribution is -2.29. The standard InChI is InChI=1S/C26H24N2O4/c1-17(2)32-21-10-6-9-20(15-21)24(29)22-23(19-7-4-3-5-8-19)28(26(31)25(22)30)16-18-11-13-27-14-12-18/h3-15,17,23,29H,16H2,1-2H3/b24-22-. The van der Waals surface area contributed by atoms with Crippen molar-refractivity contribution in [2.75, 3.05) is 0 Å². The number of carbonyl (C=O) groups is 2. The quantitative estimate of drug-likeness (QED) is 0.355. The number of nitrogens with zero attached hydrogens (tertiary/aromatic N) is 2. The van der Waals surface area contributed by atoms with E-state index in [0.29, 0.717) is 11.3 Å². The predicted octanol–water partition coefficient (Wildman–Crippen LogP) is 4.49. The minimum absolute atomic E-state index is 0.0392. The van der Waals surface area contributed by atoms with Crippen molar-refractivity contribution in [3.8, 4) is 5.75 Å². The summed E-state index contributed by atoms with van der Waals surface area (Å²) >= 11 is 0. The number of ether oxygens (including phenoxy) is 1. The number of hydrogen-bond acceptors (Lipinski definition) is 5. The molecule has 162 valence electrons. The number of hydrogen-bond donors (Lipinski definition) is 1. The molecule has 0 bridgehead atoms. The number of pyridine rings is 1. The van der Waals surface area contributed by atoms with Gasteiger partial charge in [-0.25, -0.2) is 0 Å². The van der Waals surface area contributed by atoms with Crippen molar-refractivity contribution in [1.29, 1.82) is 0 Å². The Hall–Kier alpha value is -3.93. The second-order valence-electron chi connectivity index (χ2n) is 7.89. The second kappa shape index (κ2) is 9.06. The molecule has 0 radical (unpaired) electrons. The molecule has 0 saturated carbocycles. The van der Waals surface area contributed by atoms with E-state index in [2.05, 4.69) is 4.98 Å². The molecule has 1 N–H and O–H groups in total. The van der Waals surface area contributed by atoms with Crippen molar-refractivity contribution in [2.45, 2.75) is 32.5 Å². The van der Waals surface area contributed by atoms with Gasteiger partial charge < -0.3 is 14.7 Å². The first-order valence-electron chi connectivity index (χ1n) is 10.4. The topological polar surface area (TPSA) is 79.7 Å². The summed E-state index contributed by atoms with van der Waals surface area (Å²) in [5.74, 6) is -0.998. The molecule has 1 atom stereocenters. The van der Waals surface area contributed by atoms with Gasteiger partial charge in [-0.05, 0) is 49.2 Å². The molecule has 0 aliphatic carbocycles. The van der Waals surface area contributed by atoms with Crippen LogP contribution >= 0.6 is 0 Å². The maximum absolute atomic E-state index is 13.1. The Bertz CT molecular complexity index is 1160. The molecule has 3 aromatic rings. The van der Waals surface area contributed by atoms with Gasteiger partial charge >= 0.3 is 0 Å². The van der Waals surface area contributed by atoms with Gasteiger partial charge in [0.1, 0.15) is 11.5 Å². The molecule has 1 aliphatic heterocycles. The maximum Gasteiger partial charge on any atom is 0.295 e. The maximum atomic E-state index is 13.1. The fourth-order valence-corrected chi connectivity index (χ4v) is 3.85. The smallest absolute Gasteiger partial charge is 0.295 e. The fourth-order valence-electron chi connectivity index (χ4n) is 3.85. The van der Waals surface area contributed by atoms with Crippen molar-refractivity contribution in [3.63, 3.8) is 0 Å². The lowest BCUT2D eigenvalue weighted by Gasteiger charge is -2.25. The van der Waals surface area contributed by atoms with Crippen LogP contribution in [-0.2, 0) is 16.1 Å². The Morgan fingerprint density at radius 3 is 2.44 bits per heavy atom. The van der Waals surface area contributed by atoms with Crippen LogP contribution in [0.25, 0.3) is 5.76 Å². The molecule has 4 rings (SSSR count). The molecule has 6 nitrogen and oxygen atoms in total. The van der Waals surface area contributed by atoms with Crippen LogP contribution in [0.15, 0.2) is 84.7 Å². The first-order valence-corrected chi connectivity index (χ1v) is 10.4. The average Bonchev–Trinajstić information content (AvgIpc) is 3.04. The molecular formula is C26H24N2O4. The Morgan fingerprint density at radius 1 is 1.03 bits per heavy atom. The molecule has 1 unspecified atom stereocenters. The van der Waals surface area contributed by atoms with E-state index in [9.17, 15) is 14.7 Å². The van der Waals surface area contributed by atoms with Crippen molar-refractivity contribution < 1.29 is 19.4 Å². The molecule has 1 aliphatic rings. The van der Waals surface area contributed by atoms with Gasteiger partial charge in [0.05, 0.1) is 17.7 Å². The summed E-state index contributed by atoms with van der Waals surface area (Å²) in [5, 5.41) is 11.2. The highest BCUT2D eigenvalue weighted by Crippen LogP contribution is 2.40. The summed E-state index contributed by atoms with van der Waals surface area (Å²) in [6.45, 7) is 4.04. The monoisotopic (exact) mass is 428 g/mol. The lowest BCUT2D eigenvalue weighted by atomic mass is 9.95. The molecule has 2 aromatic carbocycles. The summed E-state index contributed by atoms with van der Waals surface area (Å²) < 4.78 is 5.73. The zero-order chi connectivity index (χ0) is 22.7. The van der Waals surface area contributed by atoms with Crippen LogP contribution in [0.4, 0.5) is 0 Å². The van der Waals surface area contributed by atoms with Crippen molar-refractivity contribution in [3.05, 3.63) is 101 Å². The number of Topliss-reactive ketones (excluding diaryl/α,β-unsaturated/α-hetero) is 1. The summed E-state index contributed by atoms with van der Waals surface area (Å²) in [6.07, 6.45) is 3.25. The second-order valence-corrected chi connectivity index (χ2v) is 7.89. The molecule has 32 heavy (non-hydrogen) atoms. The highest BCUT2D eigenvalue weighted by atomic mass is 16.5. The predicted molar refractivity (Wildman–Crippen MR) is 121 cm³/mol. The number of benzene rings is 2. The van der Waals surface area contributed by atoms with Crippen molar-refractivity contribution >= 4 is 17.4 Å². The minimum Gasteiger partial charge on any atom is -0.507 e. The summed E-state index contributed by atoms with van der Waals surface area (Å²) in [5.41, 5.74) is 2.08. The van der Waals surface area contributed by atoms with Gasteiger partial charge in [0, 0.05) is 24.5 Å². The van der Waals surface area contributed by atoms with E-state index in [4.69, 9.17) is 4.74 Å². The highest BCUT2D eigenvalue weighted by molar-refractivity contribution is 6.46. The number of aliphatic hydroxyl groups excluding tert-OH is 1. The zero-order valence-electron chi connectivity index (χ0n) is 17.9. The van der Waals surface area contributed by atoms with E-state index in [1.54, 1.807) is 48.8 Å². The van der Waals surface area contributed by atoms with E-state index in [-0.39, 0.29) is 24.0 Å². The van der Waals surface area contributed by atoms with E-state index in [1.807, 2.05) is 44.2 Å². The highest BCUT2D eigenvalue weighted by Gasteiger charge is 2.46. The van der Waals surface area contributed by atoms with Gasteiger partial charge in [0.2, 0.25) is 0 Å². The van der Waals surface area contributed by atoms with Gasteiger partial charge in [0.15, 0.2) is 0 Å². The molecule has 0 spiro atoms. The Balaban J connectivity index is 1.82. The van der Waals surface area contributed by atoms with Crippen LogP contribution < -0.4 is 4.74 Å². The van der Waals surface area contributed by atoms with Crippen LogP contribution in [0, 0.1) is 0 Å². The van der Waals surface area contributed by atoms with Crippen LogP contribution in [0.2, 0.25) is 0 Å². The number of ketones is 1. The summed E-state index contributed by atoms with van der Waals surface area (Å²) in [4.78, 5) is 31.7. The molecule has 1 amide bonds. The normalized spacial score (nSPS) is 17.7. The number of rotatable bonds is 6. The van der Waals surface area contributed by atoms with Gasteiger partial charge in [-0.3, -0.25) is 14.6 Å². The molecule has 6 heteroatoms. The van der Waals surface area contributed by atoms with E-state index < -0.39 is 17.7 Å². The van der Waals surface area contributed by atoms with Gasteiger partial charge in [-0.2, -0.15) is 0 Å². The van der Waals surface area contributed by atoms with Crippen LogP contribution in [0.5, 0.6) is 5.75 Å². The lowest BCUT2D eigenvalue weighted by molar-refractivity contribution is -0.140. The SMILES string of the molecule is CC(C)Oc1cccc(/C(O)=C2/C(=O)C(=O)N(Cc3ccncc3)C2c2ccccc2)c1. The minimum atomic E-state index is -0.709. The Morgan fingerprint density at radius 2 is 1.75 bits per heavy atom. The number of aromatic nitrogens is 1. The molecule has 1 saturated heterocycles. The Kier molecular flexibility index (Phi) is 6.03. The van der Waals surface area contributed by atoms with Crippen LogP contribution in [0.1, 0.15) is 36.6 Å². The Labute approximate surface area is 186 Å². The van der Waals surface area contributed by atoms with E-state index >= 15 is 0 Å². The summed E-state index contributed by atoms with van der Waals surface area (Å²) in [6, 6.07) is 19.0. The third-order valence-electron chi connectivity index (χ3n) is 5.24. The molecule has 1 fully saturated rings. The van der Waals surface area contributed by atoms with Crippen molar-refractivity contribution in [1.82, 2.24) is 9.88 Å². The molecule has 1 aromatic heterocycles. The van der Waals surface area contributed by atoms with Crippen LogP contribution in [-0.4, -0.2) is 32.8 Å². The van der Waals surface area contributed by atoms with Crippen molar-refractivity contribution in [2.24, 2.45) is 0 Å². The first kappa shape index (κ1) is 21.3. The zero-order valence-corrected chi connectivity index (χ0v) is 17.9. The average molecular weight is 428 g/mol. The molecule has 2 heterocycles. The molecular weight excluding hydrogens is 404 g/mol.